The molecule has 0 aromatic carbocycles. The van der Waals surface area contributed by atoms with Gasteiger partial charge in [0.15, 0.2) is 0 Å². The largest absolute Gasteiger partial charge is 0.373 e. The lowest BCUT2D eigenvalue weighted by molar-refractivity contribution is -0.0829. The molecule has 0 bridgehead atoms. The molecule has 0 N–H and O–H groups in total. The molecular weight excluding hydrogens is 182 g/mol. The van der Waals surface area contributed by atoms with Gasteiger partial charge in [-0.25, -0.2) is 0 Å². The predicted octanol–water partition coefficient (Wildman–Crippen LogP) is 1.58. The molecule has 0 aromatic rings. The Morgan fingerprint density at radius 3 is 2.85 bits per heavy atom. The van der Waals surface area contributed by atoms with Crippen LogP contribution in [0.1, 0.15) is 13.8 Å². The van der Waals surface area contributed by atoms with Crippen molar-refractivity contribution in [3.63, 3.8) is 0 Å². The van der Waals surface area contributed by atoms with Crippen molar-refractivity contribution in [1.82, 2.24) is 4.90 Å². The van der Waals surface area contributed by atoms with Crippen LogP contribution < -0.4 is 0 Å². The van der Waals surface area contributed by atoms with E-state index < -0.39 is 0 Å². The molecule has 0 aliphatic carbocycles. The van der Waals surface area contributed by atoms with Crippen LogP contribution in [-0.2, 0) is 4.74 Å². The second-order valence-corrected chi connectivity index (χ2v) is 4.36. The summed E-state index contributed by atoms with van der Waals surface area (Å²) in [4.78, 5) is 2.41. The molecule has 0 spiro atoms. The molecule has 1 saturated heterocycles. The van der Waals surface area contributed by atoms with Gasteiger partial charge in [0, 0.05) is 25.4 Å². The standard InChI is InChI=1S/C10H19NOS/c1-10(2)9-11(6-7-12-10)5-3-4-8-13/h3-4,13H,5-9H2,1-2H3/b4-3+. The van der Waals surface area contributed by atoms with Crippen molar-refractivity contribution in [2.45, 2.75) is 19.4 Å². The molecule has 76 valence electrons. The van der Waals surface area contributed by atoms with Gasteiger partial charge in [0.2, 0.25) is 0 Å². The van der Waals surface area contributed by atoms with E-state index in [2.05, 4.69) is 43.5 Å². The molecule has 0 unspecified atom stereocenters. The molecular formula is C10H19NOS. The van der Waals surface area contributed by atoms with E-state index in [4.69, 9.17) is 4.74 Å². The minimum Gasteiger partial charge on any atom is -0.373 e. The Hall–Kier alpha value is 0.01000. The lowest BCUT2D eigenvalue weighted by Gasteiger charge is -2.37. The van der Waals surface area contributed by atoms with Crippen LogP contribution in [0, 0.1) is 0 Å². The zero-order valence-corrected chi connectivity index (χ0v) is 9.39. The average molecular weight is 201 g/mol. The molecule has 0 aromatic heterocycles. The highest BCUT2D eigenvalue weighted by molar-refractivity contribution is 7.80. The molecule has 13 heavy (non-hydrogen) atoms. The summed E-state index contributed by atoms with van der Waals surface area (Å²) < 4.78 is 5.62. The van der Waals surface area contributed by atoms with Gasteiger partial charge in [0.25, 0.3) is 0 Å². The second kappa shape index (κ2) is 5.03. The number of rotatable bonds is 3. The first-order chi connectivity index (χ1) is 6.14. The van der Waals surface area contributed by atoms with Gasteiger partial charge in [-0.2, -0.15) is 12.6 Å². The summed E-state index contributed by atoms with van der Waals surface area (Å²) in [5.74, 6) is 0.827. The van der Waals surface area contributed by atoms with Gasteiger partial charge in [-0.15, -0.1) is 0 Å². The Morgan fingerprint density at radius 1 is 1.46 bits per heavy atom. The number of thiol groups is 1. The summed E-state index contributed by atoms with van der Waals surface area (Å²) in [6, 6.07) is 0. The predicted molar refractivity (Wildman–Crippen MR) is 59.5 cm³/mol. The molecule has 3 heteroatoms. The van der Waals surface area contributed by atoms with Gasteiger partial charge in [-0.3, -0.25) is 4.90 Å². The molecule has 2 nitrogen and oxygen atoms in total. The van der Waals surface area contributed by atoms with Gasteiger partial charge in [0.1, 0.15) is 0 Å². The first kappa shape index (κ1) is 11.1. The summed E-state index contributed by atoms with van der Waals surface area (Å²) in [6.45, 7) is 8.21. The van der Waals surface area contributed by atoms with Crippen LogP contribution in [0.2, 0.25) is 0 Å². The normalized spacial score (nSPS) is 23.9. The smallest absolute Gasteiger partial charge is 0.0753 e. The van der Waals surface area contributed by atoms with E-state index in [-0.39, 0.29) is 5.60 Å². The minimum atomic E-state index is 0.0209. The van der Waals surface area contributed by atoms with Crippen LogP contribution in [-0.4, -0.2) is 42.5 Å². The molecule has 0 atom stereocenters. The quantitative estimate of drug-likeness (QED) is 0.550. The maximum atomic E-state index is 5.62. The number of hydrogen-bond acceptors (Lipinski definition) is 3. The molecule has 1 heterocycles. The Bertz CT molecular complexity index is 180. The van der Waals surface area contributed by atoms with Crippen molar-refractivity contribution in [3.8, 4) is 0 Å². The maximum absolute atomic E-state index is 5.62. The van der Waals surface area contributed by atoms with Crippen molar-refractivity contribution in [1.29, 1.82) is 0 Å². The van der Waals surface area contributed by atoms with Crippen LogP contribution in [0.25, 0.3) is 0 Å². The highest BCUT2D eigenvalue weighted by Crippen LogP contribution is 2.15. The molecule has 0 radical (unpaired) electrons. The second-order valence-electron chi connectivity index (χ2n) is 4.00. The van der Waals surface area contributed by atoms with Crippen molar-refractivity contribution in [2.75, 3.05) is 32.0 Å². The summed E-state index contributed by atoms with van der Waals surface area (Å²) in [7, 11) is 0. The lowest BCUT2D eigenvalue weighted by Crippen LogP contribution is -2.48. The van der Waals surface area contributed by atoms with Gasteiger partial charge >= 0.3 is 0 Å². The Kier molecular flexibility index (Phi) is 4.29. The molecule has 1 aliphatic rings. The van der Waals surface area contributed by atoms with E-state index in [0.29, 0.717) is 0 Å². The molecule has 0 amide bonds. The first-order valence-corrected chi connectivity index (χ1v) is 5.39. The number of hydrogen-bond donors (Lipinski definition) is 1. The number of nitrogens with zero attached hydrogens (tertiary/aromatic N) is 1. The minimum absolute atomic E-state index is 0.0209. The highest BCUT2D eigenvalue weighted by atomic mass is 32.1. The molecule has 1 aliphatic heterocycles. The summed E-state index contributed by atoms with van der Waals surface area (Å²) in [6.07, 6.45) is 4.26. The molecule has 1 rings (SSSR count). The lowest BCUT2D eigenvalue weighted by atomic mass is 10.1. The maximum Gasteiger partial charge on any atom is 0.0753 e. The fraction of sp³-hybridized carbons (Fsp3) is 0.800. The van der Waals surface area contributed by atoms with E-state index in [9.17, 15) is 0 Å². The number of morpholine rings is 1. The summed E-state index contributed by atoms with van der Waals surface area (Å²) in [5, 5.41) is 0. The fourth-order valence-corrected chi connectivity index (χ4v) is 1.72. The molecule has 0 saturated carbocycles. The third kappa shape index (κ3) is 4.16. The van der Waals surface area contributed by atoms with Gasteiger partial charge in [0.05, 0.1) is 12.2 Å². The molecule has 1 fully saturated rings. The van der Waals surface area contributed by atoms with Crippen LogP contribution >= 0.6 is 12.6 Å². The zero-order valence-electron chi connectivity index (χ0n) is 8.49. The van der Waals surface area contributed by atoms with Gasteiger partial charge in [-0.1, -0.05) is 12.2 Å². The third-order valence-electron chi connectivity index (χ3n) is 2.14. The van der Waals surface area contributed by atoms with Gasteiger partial charge in [-0.05, 0) is 13.8 Å². The third-order valence-corrected chi connectivity index (χ3v) is 2.35. The highest BCUT2D eigenvalue weighted by Gasteiger charge is 2.25. The van der Waals surface area contributed by atoms with E-state index in [1.54, 1.807) is 0 Å². The van der Waals surface area contributed by atoms with E-state index in [0.717, 1.165) is 32.0 Å². The van der Waals surface area contributed by atoms with Crippen LogP contribution in [0.4, 0.5) is 0 Å². The van der Waals surface area contributed by atoms with Crippen LogP contribution in [0.15, 0.2) is 12.2 Å². The van der Waals surface area contributed by atoms with Crippen molar-refractivity contribution in [2.24, 2.45) is 0 Å². The van der Waals surface area contributed by atoms with Gasteiger partial charge < -0.3 is 4.74 Å². The summed E-state index contributed by atoms with van der Waals surface area (Å²) >= 11 is 4.12. The van der Waals surface area contributed by atoms with Crippen molar-refractivity contribution < 1.29 is 4.74 Å². The van der Waals surface area contributed by atoms with E-state index in [1.807, 2.05) is 0 Å². The van der Waals surface area contributed by atoms with Crippen LogP contribution in [0.5, 0.6) is 0 Å². The topological polar surface area (TPSA) is 12.5 Å². The van der Waals surface area contributed by atoms with Crippen LogP contribution in [0.3, 0.4) is 0 Å². The zero-order chi connectivity index (χ0) is 9.73. The Labute approximate surface area is 86.4 Å². The van der Waals surface area contributed by atoms with E-state index >= 15 is 0 Å². The SMILES string of the molecule is CC1(C)CN(C/C=C/CS)CCO1. The Balaban J connectivity index is 2.30. The average Bonchev–Trinajstić information content (AvgIpc) is 2.03. The fourth-order valence-electron chi connectivity index (χ4n) is 1.57. The monoisotopic (exact) mass is 201 g/mol. The van der Waals surface area contributed by atoms with E-state index in [1.165, 1.54) is 0 Å². The summed E-state index contributed by atoms with van der Waals surface area (Å²) in [5.41, 5.74) is 0.0209. The van der Waals surface area contributed by atoms with Crippen molar-refractivity contribution >= 4 is 12.6 Å². The Morgan fingerprint density at radius 2 is 2.23 bits per heavy atom. The van der Waals surface area contributed by atoms with Crippen molar-refractivity contribution in [3.05, 3.63) is 12.2 Å². The number of ether oxygens (including phenoxy) is 1. The first-order valence-electron chi connectivity index (χ1n) is 4.76.